The zero-order valence-corrected chi connectivity index (χ0v) is 54.1. The van der Waals surface area contributed by atoms with E-state index < -0.39 is 30.7 Å². The van der Waals surface area contributed by atoms with Crippen LogP contribution in [-0.4, -0.2) is 37.0 Å². The summed E-state index contributed by atoms with van der Waals surface area (Å²) in [5.74, 6) is -2.13. The van der Waals surface area contributed by atoms with Gasteiger partial charge in [0.25, 0.3) is 0 Å². The van der Waals surface area contributed by atoms with Crippen LogP contribution < -0.4 is 31.3 Å². The summed E-state index contributed by atoms with van der Waals surface area (Å²) < 4.78 is 19.1. The summed E-state index contributed by atoms with van der Waals surface area (Å²) in [5, 5.41) is 92.2. The second-order valence-corrected chi connectivity index (χ2v) is 28.4. The molecular weight excluding hydrogens is 1270 g/mol. The van der Waals surface area contributed by atoms with Crippen molar-refractivity contribution in [2.45, 2.75) is 13.2 Å². The van der Waals surface area contributed by atoms with Crippen LogP contribution >= 0.6 is 94.1 Å². The fourth-order valence-corrected chi connectivity index (χ4v) is 21.3. The van der Waals surface area contributed by atoms with E-state index >= 15 is 9.59 Å². The molecule has 0 amide bonds. The van der Waals surface area contributed by atoms with Crippen molar-refractivity contribution in [2.75, 3.05) is 25.0 Å². The Balaban J connectivity index is 1.09. The number of nitriles is 8. The Morgan fingerprint density at radius 2 is 0.667 bits per heavy atom. The highest BCUT2D eigenvalue weighted by Crippen LogP contribution is 2.58. The predicted molar refractivity (Wildman–Crippen MR) is 374 cm³/mol. The number of esters is 2. The number of ether oxygens (including phenoxy) is 2. The smallest absolute Gasteiger partial charge is 0.345 e. The maximum absolute atomic E-state index is 15.0. The average molecular weight is 1310 g/mol. The van der Waals surface area contributed by atoms with Crippen LogP contribution in [0.4, 0.5) is 0 Å². The van der Waals surface area contributed by atoms with Crippen molar-refractivity contribution < 1.29 is 19.1 Å². The van der Waals surface area contributed by atoms with Gasteiger partial charge in [-0.15, -0.1) is 47.0 Å². The quantitative estimate of drug-likeness (QED) is 0.0384. The molecule has 0 spiro atoms. The Labute approximate surface area is 548 Å². The summed E-state index contributed by atoms with van der Waals surface area (Å²) in [6, 6.07) is 53.6. The summed E-state index contributed by atoms with van der Waals surface area (Å²) in [6.45, 7) is -0.865. The third kappa shape index (κ3) is 11.3. The third-order valence-electron chi connectivity index (χ3n) is 14.8. The average Bonchev–Trinajstić information content (AvgIpc) is 1.01. The monoisotopic (exact) mass is 1310 g/mol. The van der Waals surface area contributed by atoms with Gasteiger partial charge in [-0.2, -0.15) is 42.1 Å². The van der Waals surface area contributed by atoms with Gasteiger partial charge in [0.1, 0.15) is 89.6 Å². The minimum atomic E-state index is -1.07. The molecule has 0 saturated heterocycles. The minimum absolute atomic E-state index is 0.191. The summed E-state index contributed by atoms with van der Waals surface area (Å²) in [6.07, 6.45) is 9.72. The van der Waals surface area contributed by atoms with Crippen molar-refractivity contribution in [1.82, 2.24) is 0 Å². The fraction of sp³-hybridized carbons (Fsp3) is 0.0857. The number of carbonyl (C=O) groups excluding carboxylic acids is 2. The molecule has 2 aliphatic heterocycles. The summed E-state index contributed by atoms with van der Waals surface area (Å²) >= 11 is 13.7. The van der Waals surface area contributed by atoms with E-state index in [0.717, 1.165) is 40.5 Å². The van der Waals surface area contributed by atoms with Gasteiger partial charge >= 0.3 is 11.9 Å². The molecule has 12 nitrogen and oxygen atoms in total. The second kappa shape index (κ2) is 27.2. The second-order valence-electron chi connectivity index (χ2n) is 19.5. The van der Waals surface area contributed by atoms with Crippen LogP contribution in [0.15, 0.2) is 150 Å². The number of nitrogens with zero attached hydrogens (tertiary/aromatic N) is 8. The highest BCUT2D eigenvalue weighted by Gasteiger charge is 2.28. The standard InChI is InChI=1S/C70H38N8O4S8/c1-83-67-68(84-2)88-65(87-67)61-48-15-9-10-16-49(48)62(66-89-69(85-3)70(86-4)90-66)55-23-37(17-20-52(55)61)24-56(63(79)81-35-38-18-21-50-53(25-38)59(42(31-75)32-76)46-13-7-5-11-44(46)57(50)40(27-71)28-72)64(80)82-36-39-19-22-51-54(26-39)60(43(33-77)34-78)47-14-8-6-12-45(47)58(51)41(29-73)30-74/h5-26H,35-36H2,1-4H3. The predicted octanol–water partition coefficient (Wildman–Crippen LogP) is 13.1. The van der Waals surface area contributed by atoms with Crippen LogP contribution in [0, 0.1) is 90.6 Å². The van der Waals surface area contributed by atoms with Crippen molar-refractivity contribution in [3.05, 3.63) is 198 Å². The van der Waals surface area contributed by atoms with E-state index in [-0.39, 0.29) is 32.7 Å². The van der Waals surface area contributed by atoms with Gasteiger partial charge in [0.2, 0.25) is 0 Å². The molecule has 0 N–H and O–H groups in total. The number of thioether (sulfide) groups is 8. The zero-order valence-electron chi connectivity index (χ0n) is 47.6. The van der Waals surface area contributed by atoms with Gasteiger partial charge < -0.3 is 9.47 Å². The molecule has 0 fully saturated rings. The van der Waals surface area contributed by atoms with Crippen LogP contribution in [0.5, 0.6) is 0 Å². The van der Waals surface area contributed by atoms with Crippen LogP contribution in [-0.2, 0) is 32.3 Å². The Bertz CT molecular complexity index is 5330. The van der Waals surface area contributed by atoms with Gasteiger partial charge in [0.05, 0.1) is 25.4 Å². The van der Waals surface area contributed by atoms with Gasteiger partial charge in [-0.3, -0.25) is 0 Å². The largest absolute Gasteiger partial charge is 0.457 e. The Morgan fingerprint density at radius 3 is 1.00 bits per heavy atom. The lowest BCUT2D eigenvalue weighted by atomic mass is 9.93. The van der Waals surface area contributed by atoms with Gasteiger partial charge in [0, 0.05) is 31.3 Å². The molecule has 0 aliphatic carbocycles. The van der Waals surface area contributed by atoms with E-state index in [1.807, 2.05) is 78.9 Å². The topological polar surface area (TPSA) is 243 Å². The normalized spacial score (nSPS) is 12.6. The Morgan fingerprint density at radius 1 is 0.378 bits per heavy atom. The molecule has 0 bridgehead atoms. The third-order valence-corrected chi connectivity index (χ3v) is 25.3. The maximum Gasteiger partial charge on any atom is 0.345 e. The molecule has 2 aliphatic rings. The number of benzene rings is 9. The fourth-order valence-electron chi connectivity index (χ4n) is 11.1. The molecule has 0 saturated carbocycles. The number of hydrogen-bond acceptors (Lipinski definition) is 20. The molecule has 0 unspecified atom stereocenters. The lowest BCUT2D eigenvalue weighted by molar-refractivity contribution is -0.148. The summed E-state index contributed by atoms with van der Waals surface area (Å²) in [4.78, 5) is 30.1. The van der Waals surface area contributed by atoms with Crippen LogP contribution in [0.2, 0.25) is 0 Å². The lowest BCUT2D eigenvalue weighted by Gasteiger charge is -2.14. The van der Waals surface area contributed by atoms with Crippen molar-refractivity contribution in [2.24, 2.45) is 0 Å². The highest BCUT2D eigenvalue weighted by molar-refractivity contribution is 8.46. The molecule has 0 aromatic heterocycles. The molecule has 20 heteroatoms. The van der Waals surface area contributed by atoms with E-state index in [2.05, 4.69) is 37.2 Å². The lowest BCUT2D eigenvalue weighted by Crippen LogP contribution is -2.20. The maximum atomic E-state index is 15.0. The number of fused-ring (bicyclic) bond motifs is 6. The molecule has 0 radical (unpaired) electrons. The summed E-state index contributed by atoms with van der Waals surface area (Å²) in [5.41, 5.74) is -0.0996. The van der Waals surface area contributed by atoms with Crippen molar-refractivity contribution in [3.63, 3.8) is 0 Å². The van der Waals surface area contributed by atoms with E-state index in [1.165, 1.54) is 23.0 Å². The molecule has 9 aromatic carbocycles. The first-order chi connectivity index (χ1) is 43.9. The first-order valence-electron chi connectivity index (χ1n) is 26.7. The van der Waals surface area contributed by atoms with E-state index in [9.17, 15) is 42.1 Å². The van der Waals surface area contributed by atoms with Crippen LogP contribution in [0.3, 0.4) is 0 Å². The molecule has 2 heterocycles. The molecule has 430 valence electrons. The van der Waals surface area contributed by atoms with Crippen molar-refractivity contribution in [3.8, 4) is 48.6 Å². The zero-order chi connectivity index (χ0) is 63.3. The molecule has 9 aromatic rings. The van der Waals surface area contributed by atoms with E-state index in [0.29, 0.717) is 70.2 Å². The van der Waals surface area contributed by atoms with Gasteiger partial charge in [-0.05, 0) is 131 Å². The Kier molecular flexibility index (Phi) is 18.8. The van der Waals surface area contributed by atoms with Gasteiger partial charge in [-0.25, -0.2) is 9.59 Å². The minimum Gasteiger partial charge on any atom is -0.457 e. The van der Waals surface area contributed by atoms with Crippen molar-refractivity contribution >= 4 is 208 Å². The van der Waals surface area contributed by atoms with Crippen LogP contribution in [0.1, 0.15) is 16.7 Å². The van der Waals surface area contributed by atoms with Crippen molar-refractivity contribution in [1.29, 1.82) is 42.1 Å². The van der Waals surface area contributed by atoms with Gasteiger partial charge in [-0.1, -0.05) is 156 Å². The summed E-state index contributed by atoms with van der Waals surface area (Å²) in [7, 11) is 0. The molecule has 0 atom stereocenters. The molecule has 11 rings (SSSR count). The first-order valence-corrected chi connectivity index (χ1v) is 34.9. The van der Waals surface area contributed by atoms with E-state index in [1.54, 1.807) is 179 Å². The van der Waals surface area contributed by atoms with E-state index in [4.69, 9.17) is 9.47 Å². The van der Waals surface area contributed by atoms with Gasteiger partial charge in [0.15, 0.2) is 0 Å². The van der Waals surface area contributed by atoms with Crippen LogP contribution in [0.25, 0.3) is 101 Å². The number of rotatable bonds is 11. The first kappa shape index (κ1) is 62.3. The highest BCUT2D eigenvalue weighted by atomic mass is 32.3. The number of hydrogen-bond donors (Lipinski definition) is 0. The molecular formula is C70H38N8O4S8. The SMILES string of the molecule is CSC1=C(SC)SC(=c2c3ccccc3c(=C3SC(SC)=C(SC)S3)c3cc(C=C(C(=O)OCc4ccc5c(=C(C#N)C#N)c6ccccc6c(=C(C#N)C#N)c5c4)C(=O)OCc4ccc5c(=C(C#N)C#N)c6ccccc6c(=C(C#N)C#N)c5c4)ccc23)S1. The Hall–Kier alpha value is -9.36. The number of carbonyl (C=O) groups is 2. The molecule has 90 heavy (non-hydrogen) atoms.